The first-order valence-electron chi connectivity index (χ1n) is 9.28. The molecule has 1 heterocycles. The van der Waals surface area contributed by atoms with E-state index in [1.54, 1.807) is 0 Å². The minimum Gasteiger partial charge on any atom is -0.375 e. The largest absolute Gasteiger partial charge is 0.375 e. The van der Waals surface area contributed by atoms with Crippen LogP contribution < -0.4 is 4.72 Å². The Kier molecular flexibility index (Phi) is 8.95. The zero-order valence-electron chi connectivity index (χ0n) is 16.3. The van der Waals surface area contributed by atoms with Crippen molar-refractivity contribution in [3.63, 3.8) is 0 Å². The van der Waals surface area contributed by atoms with Gasteiger partial charge < -0.3 is 4.74 Å². The number of nitrogens with one attached hydrogen (secondary N) is 1. The van der Waals surface area contributed by atoms with Gasteiger partial charge in [0.15, 0.2) is 16.7 Å². The van der Waals surface area contributed by atoms with E-state index in [1.165, 1.54) is 11.2 Å². The van der Waals surface area contributed by atoms with Gasteiger partial charge in [0.25, 0.3) is 10.2 Å². The van der Waals surface area contributed by atoms with Gasteiger partial charge in [-0.3, -0.25) is 4.79 Å². The molecule has 164 valence electrons. The minimum absolute atomic E-state index is 0.0674. The molecule has 2 rings (SSSR count). The Balaban J connectivity index is 2.04. The van der Waals surface area contributed by atoms with Gasteiger partial charge in [0.1, 0.15) is 5.82 Å². The molecule has 0 unspecified atom stereocenters. The van der Waals surface area contributed by atoms with Gasteiger partial charge in [0.05, 0.1) is 19.3 Å². The summed E-state index contributed by atoms with van der Waals surface area (Å²) in [7, 11) is -3.77. The van der Waals surface area contributed by atoms with Gasteiger partial charge in [-0.05, 0) is 18.9 Å². The van der Waals surface area contributed by atoms with E-state index in [0.717, 1.165) is 18.2 Å². The third-order valence-electron chi connectivity index (χ3n) is 4.44. The number of ether oxygens (including phenoxy) is 1. The van der Waals surface area contributed by atoms with Crippen molar-refractivity contribution < 1.29 is 31.1 Å². The standard InChI is InChI=1S/C18H25F3N2O4S2/c1-3-4-5-22-29(25,26)23-9-15(28-12(2)24)7-14(23)11-27-10-13-6-17(20)18(21)8-16(13)19/h6,8,14-15,22H,3-5,7,9-11H2,1-2H3/t14-,15+/m0/s1. The van der Waals surface area contributed by atoms with Crippen LogP contribution in [0.1, 0.15) is 38.7 Å². The molecule has 1 saturated heterocycles. The number of halogens is 3. The second-order valence-electron chi connectivity index (χ2n) is 6.82. The van der Waals surface area contributed by atoms with Gasteiger partial charge >= 0.3 is 0 Å². The third kappa shape index (κ3) is 6.95. The maximum absolute atomic E-state index is 13.7. The number of rotatable bonds is 10. The van der Waals surface area contributed by atoms with Crippen molar-refractivity contribution in [2.45, 2.75) is 51.0 Å². The molecule has 0 aliphatic carbocycles. The molecule has 0 spiro atoms. The Morgan fingerprint density at radius 2 is 1.97 bits per heavy atom. The fraction of sp³-hybridized carbons (Fsp3) is 0.611. The molecule has 1 aliphatic heterocycles. The summed E-state index contributed by atoms with van der Waals surface area (Å²) in [6.07, 6.45) is 1.91. The number of hydrogen-bond acceptors (Lipinski definition) is 5. The minimum atomic E-state index is -3.77. The summed E-state index contributed by atoms with van der Waals surface area (Å²) < 4.78 is 74.5. The molecule has 2 atom stereocenters. The smallest absolute Gasteiger partial charge is 0.279 e. The monoisotopic (exact) mass is 454 g/mol. The zero-order valence-corrected chi connectivity index (χ0v) is 17.9. The fourth-order valence-corrected chi connectivity index (χ4v) is 5.65. The Labute approximate surface area is 173 Å². The average Bonchev–Trinajstić information content (AvgIpc) is 3.02. The summed E-state index contributed by atoms with van der Waals surface area (Å²) in [6, 6.07) is 0.603. The lowest BCUT2D eigenvalue weighted by Gasteiger charge is -2.24. The first-order valence-corrected chi connectivity index (χ1v) is 11.6. The number of hydrogen-bond donors (Lipinski definition) is 1. The van der Waals surface area contributed by atoms with Gasteiger partial charge in [-0.2, -0.15) is 12.7 Å². The van der Waals surface area contributed by atoms with Crippen molar-refractivity contribution >= 4 is 27.1 Å². The summed E-state index contributed by atoms with van der Waals surface area (Å²) in [5.74, 6) is -3.42. The van der Waals surface area contributed by atoms with Crippen LogP contribution in [0.2, 0.25) is 0 Å². The molecule has 1 N–H and O–H groups in total. The molecule has 0 amide bonds. The van der Waals surface area contributed by atoms with Gasteiger partial charge in [-0.1, -0.05) is 25.1 Å². The van der Waals surface area contributed by atoms with Crippen molar-refractivity contribution in [2.24, 2.45) is 0 Å². The number of unbranched alkanes of at least 4 members (excludes halogenated alkanes) is 1. The van der Waals surface area contributed by atoms with Gasteiger partial charge in [-0.25, -0.2) is 17.9 Å². The number of benzene rings is 1. The number of carbonyl (C=O) groups is 1. The fourth-order valence-electron chi connectivity index (χ4n) is 3.05. The summed E-state index contributed by atoms with van der Waals surface area (Å²) in [6.45, 7) is 3.41. The molecule has 0 aromatic heterocycles. The maximum atomic E-state index is 13.7. The lowest BCUT2D eigenvalue weighted by molar-refractivity contribution is -0.109. The van der Waals surface area contributed by atoms with Crippen LogP contribution in [0.5, 0.6) is 0 Å². The number of carbonyl (C=O) groups excluding carboxylic acids is 1. The molecule has 0 saturated carbocycles. The highest BCUT2D eigenvalue weighted by Crippen LogP contribution is 2.30. The molecule has 1 fully saturated rings. The van der Waals surface area contributed by atoms with Crippen LogP contribution in [-0.4, -0.2) is 48.8 Å². The predicted octanol–water partition coefficient (Wildman–Crippen LogP) is 2.98. The highest BCUT2D eigenvalue weighted by atomic mass is 32.2. The Morgan fingerprint density at radius 3 is 2.62 bits per heavy atom. The second kappa shape index (κ2) is 10.8. The van der Waals surface area contributed by atoms with E-state index in [4.69, 9.17) is 4.74 Å². The van der Waals surface area contributed by atoms with Crippen molar-refractivity contribution in [3.8, 4) is 0 Å². The molecular formula is C18H25F3N2O4S2. The Hall–Kier alpha value is -1.14. The van der Waals surface area contributed by atoms with E-state index in [-0.39, 0.29) is 35.7 Å². The molecule has 0 radical (unpaired) electrons. The molecule has 11 heteroatoms. The van der Waals surface area contributed by atoms with Crippen molar-refractivity contribution in [2.75, 3.05) is 19.7 Å². The van der Waals surface area contributed by atoms with Crippen LogP contribution in [-0.2, 0) is 26.3 Å². The van der Waals surface area contributed by atoms with Gasteiger partial charge in [0.2, 0.25) is 0 Å². The molecular weight excluding hydrogens is 429 g/mol. The topological polar surface area (TPSA) is 75.7 Å². The SMILES string of the molecule is CCCCNS(=O)(=O)N1C[C@H](SC(C)=O)C[C@H]1COCc1cc(F)c(F)cc1F. The summed E-state index contributed by atoms with van der Waals surface area (Å²) in [4.78, 5) is 11.4. The first-order chi connectivity index (χ1) is 13.6. The second-order valence-corrected chi connectivity index (χ2v) is 10.0. The van der Waals surface area contributed by atoms with E-state index in [1.807, 2.05) is 6.92 Å². The van der Waals surface area contributed by atoms with E-state index >= 15 is 0 Å². The van der Waals surface area contributed by atoms with Crippen LogP contribution in [0.3, 0.4) is 0 Å². The summed E-state index contributed by atoms with van der Waals surface area (Å²) in [5.41, 5.74) is -0.160. The summed E-state index contributed by atoms with van der Waals surface area (Å²) >= 11 is 1.07. The molecule has 1 aromatic carbocycles. The predicted molar refractivity (Wildman–Crippen MR) is 105 cm³/mol. The zero-order chi connectivity index (χ0) is 21.6. The van der Waals surface area contributed by atoms with Gasteiger partial charge in [0, 0.05) is 36.9 Å². The lowest BCUT2D eigenvalue weighted by atomic mass is 10.2. The van der Waals surface area contributed by atoms with Crippen molar-refractivity contribution in [1.29, 1.82) is 0 Å². The Bertz CT molecular complexity index is 824. The number of thioether (sulfide) groups is 1. The molecule has 0 bridgehead atoms. The molecule has 6 nitrogen and oxygen atoms in total. The highest BCUT2D eigenvalue weighted by molar-refractivity contribution is 8.14. The Morgan fingerprint density at radius 1 is 1.28 bits per heavy atom. The van der Waals surface area contributed by atoms with E-state index < -0.39 is 33.7 Å². The van der Waals surface area contributed by atoms with Crippen LogP contribution in [0.25, 0.3) is 0 Å². The maximum Gasteiger partial charge on any atom is 0.279 e. The lowest BCUT2D eigenvalue weighted by Crippen LogP contribution is -2.45. The molecule has 29 heavy (non-hydrogen) atoms. The normalized spacial score (nSPS) is 20.3. The molecule has 1 aliphatic rings. The van der Waals surface area contributed by atoms with Crippen molar-refractivity contribution in [1.82, 2.24) is 9.03 Å². The highest BCUT2D eigenvalue weighted by Gasteiger charge is 2.40. The molecule has 1 aromatic rings. The summed E-state index contributed by atoms with van der Waals surface area (Å²) in [5, 5.41) is -0.333. The van der Waals surface area contributed by atoms with Crippen molar-refractivity contribution in [3.05, 3.63) is 35.1 Å². The average molecular weight is 455 g/mol. The number of nitrogens with zero attached hydrogens (tertiary/aromatic N) is 1. The van der Waals surface area contributed by atoms with E-state index in [2.05, 4.69) is 4.72 Å². The van der Waals surface area contributed by atoms with E-state index in [9.17, 15) is 26.4 Å². The van der Waals surface area contributed by atoms with Gasteiger partial charge in [-0.15, -0.1) is 0 Å². The third-order valence-corrected chi connectivity index (χ3v) is 7.08. The van der Waals surface area contributed by atoms with Crippen LogP contribution in [0.4, 0.5) is 13.2 Å². The van der Waals surface area contributed by atoms with Crippen LogP contribution in [0.15, 0.2) is 12.1 Å². The van der Waals surface area contributed by atoms with Crippen LogP contribution >= 0.6 is 11.8 Å². The quantitative estimate of drug-likeness (QED) is 0.435. The van der Waals surface area contributed by atoms with Crippen LogP contribution in [0, 0.1) is 17.5 Å². The first kappa shape index (κ1) is 24.1. The van der Waals surface area contributed by atoms with E-state index in [0.29, 0.717) is 31.5 Å².